The maximum Gasteiger partial charge on any atom is 0.180 e. The Morgan fingerprint density at radius 3 is 1.60 bits per heavy atom. The minimum Gasteiger partial charge on any atom is -0.457 e. The van der Waals surface area contributed by atoms with Gasteiger partial charge in [0.1, 0.15) is 11.5 Å². The topological polar surface area (TPSA) is 12.5 Å². The molecular weight excluding hydrogens is 823 g/mol. The van der Waals surface area contributed by atoms with E-state index in [4.69, 9.17) is 4.74 Å². The van der Waals surface area contributed by atoms with E-state index in [1.54, 1.807) is 0 Å². The summed E-state index contributed by atoms with van der Waals surface area (Å²) in [6, 6.07) is 92.3. The van der Waals surface area contributed by atoms with Crippen LogP contribution >= 0.6 is 11.3 Å². The Morgan fingerprint density at radius 2 is 0.908 bits per heavy atom. The van der Waals surface area contributed by atoms with E-state index in [2.05, 4.69) is 254 Å². The van der Waals surface area contributed by atoms with Gasteiger partial charge in [0.2, 0.25) is 0 Å². The lowest BCUT2D eigenvalue weighted by Crippen LogP contribution is -2.79. The molecule has 2 aliphatic heterocycles. The monoisotopic (exact) mass is 863 g/mol. The van der Waals surface area contributed by atoms with Gasteiger partial charge < -0.3 is 9.64 Å². The quantitative estimate of drug-likeness (QED) is 0.154. The predicted molar refractivity (Wildman–Crippen MR) is 275 cm³/mol. The zero-order chi connectivity index (χ0) is 43.0. The van der Waals surface area contributed by atoms with Crippen LogP contribution in [0.3, 0.4) is 0 Å². The highest BCUT2D eigenvalue weighted by atomic mass is 32.1. The highest BCUT2D eigenvalue weighted by molar-refractivity contribution is 7.26. The van der Waals surface area contributed by atoms with Gasteiger partial charge in [-0.3, -0.25) is 0 Å². The molecule has 4 heteroatoms. The molecule has 0 N–H and O–H groups in total. The van der Waals surface area contributed by atoms with Gasteiger partial charge in [-0.05, 0) is 97.6 Å². The molecule has 0 bridgehead atoms. The molecule has 0 amide bonds. The molecule has 11 aromatic rings. The third-order valence-corrected chi connectivity index (χ3v) is 20.0. The number of fused-ring (bicyclic) bond motifs is 11. The summed E-state index contributed by atoms with van der Waals surface area (Å²) < 4.78 is 9.50. The highest BCUT2D eigenvalue weighted by Gasteiger charge is 2.57. The molecule has 306 valence electrons. The molecule has 0 aliphatic carbocycles. The van der Waals surface area contributed by atoms with Crippen LogP contribution in [-0.4, -0.2) is 8.07 Å². The molecule has 1 aromatic heterocycles. The van der Waals surface area contributed by atoms with Crippen LogP contribution in [0.5, 0.6) is 11.5 Å². The summed E-state index contributed by atoms with van der Waals surface area (Å²) in [6.07, 6.45) is 0. The van der Waals surface area contributed by atoms with Gasteiger partial charge in [0.25, 0.3) is 0 Å². The zero-order valence-corrected chi connectivity index (χ0v) is 37.3. The lowest BCUT2D eigenvalue weighted by atomic mass is 9.63. The van der Waals surface area contributed by atoms with Crippen LogP contribution < -0.4 is 30.4 Å². The van der Waals surface area contributed by atoms with Crippen LogP contribution in [0.15, 0.2) is 249 Å². The van der Waals surface area contributed by atoms with Gasteiger partial charge in [-0.25, -0.2) is 0 Å². The molecule has 10 aromatic carbocycles. The maximum absolute atomic E-state index is 6.87. The van der Waals surface area contributed by atoms with E-state index in [1.165, 1.54) is 63.2 Å². The number of thiophene rings is 1. The van der Waals surface area contributed by atoms with Gasteiger partial charge in [0.05, 0.1) is 5.41 Å². The number of benzene rings is 10. The molecule has 2 aliphatic rings. The Labute approximate surface area is 383 Å². The fraction of sp³-hybridized carbons (Fsp3) is 0.0164. The summed E-state index contributed by atoms with van der Waals surface area (Å²) in [4.78, 5) is 2.43. The number of rotatable bonds is 6. The van der Waals surface area contributed by atoms with Crippen molar-refractivity contribution < 1.29 is 4.74 Å². The minimum absolute atomic E-state index is 0.692. The van der Waals surface area contributed by atoms with Crippen molar-refractivity contribution in [3.05, 3.63) is 271 Å². The Morgan fingerprint density at radius 1 is 0.385 bits per heavy atom. The third kappa shape index (κ3) is 5.51. The molecular formula is C61H41NOSSi. The fourth-order valence-corrected chi connectivity index (χ4v) is 17.8. The maximum atomic E-state index is 6.87. The van der Waals surface area contributed by atoms with Crippen molar-refractivity contribution >= 4 is 77.4 Å². The van der Waals surface area contributed by atoms with Crippen LogP contribution in [0.1, 0.15) is 22.3 Å². The molecule has 2 nitrogen and oxygen atoms in total. The molecule has 65 heavy (non-hydrogen) atoms. The molecule has 13 rings (SSSR count). The van der Waals surface area contributed by atoms with E-state index in [-0.39, 0.29) is 0 Å². The predicted octanol–water partition coefficient (Wildman–Crippen LogP) is 13.4. The van der Waals surface area contributed by atoms with Crippen LogP contribution in [0.25, 0.3) is 31.3 Å². The molecule has 1 spiro atoms. The zero-order valence-electron chi connectivity index (χ0n) is 35.4. The van der Waals surface area contributed by atoms with Crippen molar-refractivity contribution in [1.82, 2.24) is 0 Å². The second kappa shape index (κ2) is 14.9. The number of ether oxygens (including phenoxy) is 1. The van der Waals surface area contributed by atoms with Crippen molar-refractivity contribution in [1.29, 1.82) is 0 Å². The first-order chi connectivity index (χ1) is 32.2. The van der Waals surface area contributed by atoms with Gasteiger partial charge in [-0.2, -0.15) is 0 Å². The van der Waals surface area contributed by atoms with E-state index in [0.717, 1.165) is 39.7 Å². The number of anilines is 3. The lowest BCUT2D eigenvalue weighted by Gasteiger charge is -2.51. The summed E-state index contributed by atoms with van der Waals surface area (Å²) in [5.41, 5.74) is 9.95. The van der Waals surface area contributed by atoms with Gasteiger partial charge in [0, 0.05) is 48.4 Å². The third-order valence-electron chi connectivity index (χ3n) is 13.9. The van der Waals surface area contributed by atoms with Gasteiger partial charge in [0.15, 0.2) is 8.07 Å². The second-order valence-electron chi connectivity index (χ2n) is 17.1. The van der Waals surface area contributed by atoms with E-state index in [0.29, 0.717) is 0 Å². The summed E-state index contributed by atoms with van der Waals surface area (Å²) in [7, 11) is -2.98. The molecule has 0 unspecified atom stereocenters. The summed E-state index contributed by atoms with van der Waals surface area (Å²) in [6.45, 7) is 0. The first-order valence-corrected chi connectivity index (χ1v) is 25.1. The standard InChI is InChI=1S/C61H41NOSSi/c1-4-19-43(20-5-1)62(44-37-35-42(36-38-44)48-26-18-27-50-49-25-10-16-33-57(49)64-60(48)50)45-39-40-59-54(41-45)61(51-28-11-14-31-55(51)63-56-32-15-12-29-52(56)61)53-30-13-17-34-58(53)65(59,46-21-6-2-7-22-46)47-23-8-3-9-24-47/h1-41H. The summed E-state index contributed by atoms with van der Waals surface area (Å²) in [5, 5.41) is 8.12. The summed E-state index contributed by atoms with van der Waals surface area (Å²) >= 11 is 1.88. The van der Waals surface area contributed by atoms with Crippen LogP contribution in [0.2, 0.25) is 0 Å². The first kappa shape index (κ1) is 37.8. The Balaban J connectivity index is 1.10. The highest BCUT2D eigenvalue weighted by Crippen LogP contribution is 2.57. The largest absolute Gasteiger partial charge is 0.457 e. The van der Waals surface area contributed by atoms with Crippen LogP contribution in [-0.2, 0) is 5.41 Å². The molecule has 0 fully saturated rings. The van der Waals surface area contributed by atoms with Gasteiger partial charge in [-0.1, -0.05) is 194 Å². The number of para-hydroxylation sites is 3. The minimum atomic E-state index is -2.98. The van der Waals surface area contributed by atoms with Crippen molar-refractivity contribution in [2.75, 3.05) is 4.90 Å². The number of hydrogen-bond donors (Lipinski definition) is 0. The van der Waals surface area contributed by atoms with Crippen molar-refractivity contribution in [2.45, 2.75) is 5.41 Å². The Hall–Kier alpha value is -7.76. The Kier molecular flexibility index (Phi) is 8.67. The van der Waals surface area contributed by atoms with E-state index < -0.39 is 13.5 Å². The van der Waals surface area contributed by atoms with E-state index in [9.17, 15) is 0 Å². The Bertz CT molecular complexity index is 3500. The van der Waals surface area contributed by atoms with Gasteiger partial charge in [-0.15, -0.1) is 11.3 Å². The SMILES string of the molecule is c1ccc(N(c2ccc(-c3cccc4c3sc3ccccc34)cc2)c2ccc3c(c2)C2(c4ccccc4Oc4ccccc42)c2ccccc2[Si]3(c2ccccc2)c2ccccc2)cc1. The number of hydrogen-bond acceptors (Lipinski definition) is 3. The average molecular weight is 864 g/mol. The smallest absolute Gasteiger partial charge is 0.180 e. The van der Waals surface area contributed by atoms with Crippen LogP contribution in [0.4, 0.5) is 17.1 Å². The second-order valence-corrected chi connectivity index (χ2v) is 21.9. The van der Waals surface area contributed by atoms with Crippen LogP contribution in [0, 0.1) is 0 Å². The van der Waals surface area contributed by atoms with E-state index in [1.807, 2.05) is 11.3 Å². The van der Waals surface area contributed by atoms with Crippen molar-refractivity contribution in [2.24, 2.45) is 0 Å². The molecule has 0 atom stereocenters. The molecule has 0 radical (unpaired) electrons. The molecule has 3 heterocycles. The first-order valence-electron chi connectivity index (χ1n) is 22.3. The normalized spacial score (nSPS) is 13.9. The fourth-order valence-electron chi connectivity index (χ4n) is 11.3. The molecule has 0 saturated heterocycles. The van der Waals surface area contributed by atoms with Crippen molar-refractivity contribution in [3.8, 4) is 22.6 Å². The summed E-state index contributed by atoms with van der Waals surface area (Å²) in [5.74, 6) is 1.77. The molecule has 0 saturated carbocycles. The lowest BCUT2D eigenvalue weighted by molar-refractivity contribution is 0.435. The van der Waals surface area contributed by atoms with Crippen molar-refractivity contribution in [3.63, 3.8) is 0 Å². The van der Waals surface area contributed by atoms with E-state index >= 15 is 0 Å². The average Bonchev–Trinajstić information content (AvgIpc) is 3.77. The van der Waals surface area contributed by atoms with Gasteiger partial charge >= 0.3 is 0 Å². The number of nitrogens with zero attached hydrogens (tertiary/aromatic N) is 1.